The fourth-order valence-corrected chi connectivity index (χ4v) is 4.29. The lowest BCUT2D eigenvalue weighted by Crippen LogP contribution is -2.52. The first-order chi connectivity index (χ1) is 18.1. The molecule has 2 N–H and O–H groups in total. The number of amides is 1. The van der Waals surface area contributed by atoms with Gasteiger partial charge < -0.3 is 15.1 Å². The number of hydrogen-bond acceptors (Lipinski definition) is 5. The van der Waals surface area contributed by atoms with Crippen molar-refractivity contribution >= 4 is 17.8 Å². The zero-order chi connectivity index (χ0) is 29.3. The molecule has 1 spiro atoms. The second-order valence-electron chi connectivity index (χ2n) is 8.93. The molecule has 0 aliphatic carbocycles. The molecule has 3 heterocycles. The number of halogens is 6. The molecule has 1 amide bonds. The number of aliphatic carboxylic acids is 2. The van der Waals surface area contributed by atoms with Crippen LogP contribution in [-0.2, 0) is 27.5 Å². The number of aromatic nitrogens is 1. The monoisotopic (exact) mass is 563 g/mol. The van der Waals surface area contributed by atoms with Crippen LogP contribution in [0.5, 0.6) is 0 Å². The molecule has 1 aromatic carbocycles. The van der Waals surface area contributed by atoms with Gasteiger partial charge >= 0.3 is 24.3 Å². The third-order valence-electron chi connectivity index (χ3n) is 6.26. The molecule has 2 fully saturated rings. The number of carboxylic acids is 2. The minimum Gasteiger partial charge on any atom is -0.475 e. The Balaban J connectivity index is 0.000000317. The normalized spacial score (nSPS) is 17.1. The zero-order valence-corrected chi connectivity index (χ0v) is 20.6. The lowest BCUT2D eigenvalue weighted by atomic mass is 9.84. The molecule has 214 valence electrons. The number of carbonyl (C=O) groups excluding carboxylic acids is 1. The number of rotatable bonds is 4. The number of carbonyl (C=O) groups is 3. The predicted molar refractivity (Wildman–Crippen MR) is 125 cm³/mol. The maximum atomic E-state index is 12.5. The van der Waals surface area contributed by atoms with Gasteiger partial charge in [-0.05, 0) is 36.5 Å². The van der Waals surface area contributed by atoms with Gasteiger partial charge in [-0.25, -0.2) is 9.59 Å². The fourth-order valence-electron chi connectivity index (χ4n) is 4.29. The average molecular weight is 563 g/mol. The van der Waals surface area contributed by atoms with E-state index in [1.165, 1.54) is 11.1 Å². The number of carboxylic acid groups (broad SMARTS) is 2. The Morgan fingerprint density at radius 1 is 0.821 bits per heavy atom. The van der Waals surface area contributed by atoms with E-state index in [-0.39, 0.29) is 5.54 Å². The summed E-state index contributed by atoms with van der Waals surface area (Å²) in [6, 6.07) is 14.5. The number of likely N-dealkylation sites (tertiary alicyclic amines) is 2. The van der Waals surface area contributed by atoms with Crippen LogP contribution >= 0.6 is 0 Å². The number of benzene rings is 1. The molecule has 0 bridgehead atoms. The fraction of sp³-hybridized carbons (Fsp3) is 0.440. The second kappa shape index (κ2) is 13.4. The lowest BCUT2D eigenvalue weighted by Gasteiger charge is -2.45. The third-order valence-corrected chi connectivity index (χ3v) is 6.26. The predicted octanol–water partition coefficient (Wildman–Crippen LogP) is 4.51. The quantitative estimate of drug-likeness (QED) is 0.527. The van der Waals surface area contributed by atoms with Crippen LogP contribution in [0.15, 0.2) is 54.9 Å². The Morgan fingerprint density at radius 3 is 1.79 bits per heavy atom. The first-order valence-electron chi connectivity index (χ1n) is 11.7. The van der Waals surface area contributed by atoms with Crippen LogP contribution in [0.1, 0.15) is 36.8 Å². The van der Waals surface area contributed by atoms with E-state index in [0.717, 1.165) is 45.4 Å². The van der Waals surface area contributed by atoms with Gasteiger partial charge in [-0.1, -0.05) is 36.4 Å². The van der Waals surface area contributed by atoms with Crippen molar-refractivity contribution in [3.8, 4) is 0 Å². The highest BCUT2D eigenvalue weighted by Crippen LogP contribution is 2.40. The van der Waals surface area contributed by atoms with Crippen LogP contribution in [0.2, 0.25) is 0 Å². The summed E-state index contributed by atoms with van der Waals surface area (Å²) in [4.78, 5) is 39.2. The van der Waals surface area contributed by atoms with E-state index in [2.05, 4.69) is 45.1 Å². The molecule has 0 radical (unpaired) electrons. The van der Waals surface area contributed by atoms with Crippen LogP contribution < -0.4 is 0 Å². The first kappa shape index (κ1) is 31.5. The van der Waals surface area contributed by atoms with Gasteiger partial charge in [0.25, 0.3) is 0 Å². The van der Waals surface area contributed by atoms with Crippen molar-refractivity contribution in [1.29, 1.82) is 0 Å². The summed E-state index contributed by atoms with van der Waals surface area (Å²) in [5, 5.41) is 14.2. The second-order valence-corrected chi connectivity index (χ2v) is 8.93. The van der Waals surface area contributed by atoms with E-state index >= 15 is 0 Å². The highest BCUT2D eigenvalue weighted by Gasteiger charge is 2.46. The SMILES string of the molecule is O=C(O)C(F)(F)F.O=C(O)C(F)(F)F.O=C1CCC2(CCN(Cc3cccnc3)CC2)N1Cc1ccccc1. The van der Waals surface area contributed by atoms with Gasteiger partial charge in [0, 0.05) is 50.5 Å². The molecule has 0 atom stereocenters. The molecule has 2 aliphatic rings. The maximum Gasteiger partial charge on any atom is 0.490 e. The number of nitrogens with zero attached hydrogens (tertiary/aromatic N) is 3. The van der Waals surface area contributed by atoms with Gasteiger partial charge in [-0.3, -0.25) is 14.7 Å². The standard InChI is InChI=1S/C21H25N3O.2C2HF3O2/c25-20-8-9-21(24(20)17-18-5-2-1-3-6-18)10-13-23(14-11-21)16-19-7-4-12-22-15-19;2*3-2(4,5)1(6)7/h1-7,12,15H,8-11,13-14,16-17H2;2*(H,6,7). The smallest absolute Gasteiger partial charge is 0.475 e. The molecule has 0 saturated carbocycles. The van der Waals surface area contributed by atoms with E-state index in [1.54, 1.807) is 0 Å². The summed E-state index contributed by atoms with van der Waals surface area (Å²) in [6.45, 7) is 3.81. The molecule has 4 rings (SSSR count). The number of pyridine rings is 1. The molecular weight excluding hydrogens is 536 g/mol. The minimum absolute atomic E-state index is 0.0678. The van der Waals surface area contributed by atoms with Crippen LogP contribution in [0.25, 0.3) is 0 Å². The summed E-state index contributed by atoms with van der Waals surface area (Å²) >= 11 is 0. The Kier molecular flexibility index (Phi) is 10.8. The summed E-state index contributed by atoms with van der Waals surface area (Å²) in [7, 11) is 0. The highest BCUT2D eigenvalue weighted by molar-refractivity contribution is 5.79. The van der Waals surface area contributed by atoms with Crippen molar-refractivity contribution < 1.29 is 50.9 Å². The van der Waals surface area contributed by atoms with Gasteiger partial charge in [-0.15, -0.1) is 0 Å². The largest absolute Gasteiger partial charge is 0.490 e. The summed E-state index contributed by atoms with van der Waals surface area (Å²) in [5.74, 6) is -5.19. The van der Waals surface area contributed by atoms with E-state index in [0.29, 0.717) is 12.3 Å². The van der Waals surface area contributed by atoms with E-state index < -0.39 is 24.3 Å². The molecule has 14 heteroatoms. The molecule has 2 saturated heterocycles. The molecule has 8 nitrogen and oxygen atoms in total. The Labute approximate surface area is 219 Å². The number of piperidine rings is 1. The third kappa shape index (κ3) is 9.85. The molecule has 39 heavy (non-hydrogen) atoms. The van der Waals surface area contributed by atoms with Crippen molar-refractivity contribution in [3.05, 3.63) is 66.0 Å². The summed E-state index contributed by atoms with van der Waals surface area (Å²) < 4.78 is 63.5. The summed E-state index contributed by atoms with van der Waals surface area (Å²) in [5.41, 5.74) is 2.57. The number of alkyl halides is 6. The van der Waals surface area contributed by atoms with Crippen molar-refractivity contribution in [2.45, 2.75) is 56.7 Å². The van der Waals surface area contributed by atoms with Crippen LogP contribution in [0.3, 0.4) is 0 Å². The molecule has 2 aromatic rings. The van der Waals surface area contributed by atoms with E-state index in [9.17, 15) is 31.1 Å². The minimum atomic E-state index is -5.08. The lowest BCUT2D eigenvalue weighted by molar-refractivity contribution is -0.193. The molecule has 2 aliphatic heterocycles. The van der Waals surface area contributed by atoms with Gasteiger partial charge in [0.2, 0.25) is 5.91 Å². The van der Waals surface area contributed by atoms with Gasteiger partial charge in [0.05, 0.1) is 0 Å². The molecule has 1 aromatic heterocycles. The zero-order valence-electron chi connectivity index (χ0n) is 20.6. The summed E-state index contributed by atoms with van der Waals surface area (Å²) in [6.07, 6.45) is -2.53. The van der Waals surface area contributed by atoms with Crippen molar-refractivity contribution in [1.82, 2.24) is 14.8 Å². The van der Waals surface area contributed by atoms with Crippen LogP contribution in [-0.4, -0.2) is 73.8 Å². The molecule has 0 unspecified atom stereocenters. The van der Waals surface area contributed by atoms with Crippen molar-refractivity contribution in [2.75, 3.05) is 13.1 Å². The number of hydrogen-bond donors (Lipinski definition) is 2. The van der Waals surface area contributed by atoms with E-state index in [1.807, 2.05) is 24.5 Å². The van der Waals surface area contributed by atoms with E-state index in [4.69, 9.17) is 19.8 Å². The molecular formula is C25H27F6N3O5. The Bertz CT molecular complexity index is 1060. The van der Waals surface area contributed by atoms with Crippen LogP contribution in [0, 0.1) is 0 Å². The Morgan fingerprint density at radius 2 is 1.33 bits per heavy atom. The van der Waals surface area contributed by atoms with Gasteiger partial charge in [0.1, 0.15) is 0 Å². The first-order valence-corrected chi connectivity index (χ1v) is 11.7. The van der Waals surface area contributed by atoms with Crippen molar-refractivity contribution in [3.63, 3.8) is 0 Å². The van der Waals surface area contributed by atoms with Gasteiger partial charge in [0.15, 0.2) is 0 Å². The van der Waals surface area contributed by atoms with Crippen LogP contribution in [0.4, 0.5) is 26.3 Å². The average Bonchev–Trinajstić information content (AvgIpc) is 3.16. The Hall–Kier alpha value is -3.68. The van der Waals surface area contributed by atoms with Crippen molar-refractivity contribution in [2.24, 2.45) is 0 Å². The topological polar surface area (TPSA) is 111 Å². The maximum absolute atomic E-state index is 12.5. The van der Waals surface area contributed by atoms with Gasteiger partial charge in [-0.2, -0.15) is 26.3 Å². The highest BCUT2D eigenvalue weighted by atomic mass is 19.4.